The van der Waals surface area contributed by atoms with Crippen LogP contribution in [-0.2, 0) is 24.6 Å². The van der Waals surface area contributed by atoms with Crippen LogP contribution in [0.25, 0.3) is 0 Å². The SMILES string of the molecule is COC(=O)CC(Nc1ccccc1)(C(=O)OC)c1ccccc1. The second-order valence-electron chi connectivity index (χ2n) is 5.01. The molecule has 0 saturated carbocycles. The molecule has 0 aliphatic rings. The number of ether oxygens (including phenoxy) is 2. The van der Waals surface area contributed by atoms with E-state index < -0.39 is 17.5 Å². The summed E-state index contributed by atoms with van der Waals surface area (Å²) in [5, 5.41) is 3.15. The Morgan fingerprint density at radius 3 is 2.00 bits per heavy atom. The molecule has 5 heteroatoms. The monoisotopic (exact) mass is 313 g/mol. The van der Waals surface area contributed by atoms with E-state index in [4.69, 9.17) is 9.47 Å². The molecule has 1 N–H and O–H groups in total. The number of nitrogens with one attached hydrogen (secondary N) is 1. The van der Waals surface area contributed by atoms with Crippen molar-refractivity contribution < 1.29 is 19.1 Å². The zero-order valence-electron chi connectivity index (χ0n) is 13.1. The Bertz CT molecular complexity index is 657. The molecule has 0 heterocycles. The predicted octanol–water partition coefficient (Wildman–Crippen LogP) is 2.73. The van der Waals surface area contributed by atoms with Gasteiger partial charge in [0, 0.05) is 5.69 Å². The largest absolute Gasteiger partial charge is 0.469 e. The van der Waals surface area contributed by atoms with Crippen LogP contribution in [0.3, 0.4) is 0 Å². The summed E-state index contributed by atoms with van der Waals surface area (Å²) >= 11 is 0. The number of esters is 2. The van der Waals surface area contributed by atoms with Gasteiger partial charge in [-0.1, -0.05) is 48.5 Å². The van der Waals surface area contributed by atoms with Gasteiger partial charge in [-0.3, -0.25) is 4.79 Å². The average molecular weight is 313 g/mol. The van der Waals surface area contributed by atoms with Gasteiger partial charge in [-0.05, 0) is 17.7 Å². The summed E-state index contributed by atoms with van der Waals surface area (Å²) in [4.78, 5) is 24.5. The lowest BCUT2D eigenvalue weighted by atomic mass is 9.86. The van der Waals surface area contributed by atoms with E-state index in [0.717, 1.165) is 0 Å². The molecule has 0 aliphatic heterocycles. The third-order valence-electron chi connectivity index (χ3n) is 3.57. The summed E-state index contributed by atoms with van der Waals surface area (Å²) < 4.78 is 9.75. The van der Waals surface area contributed by atoms with Crippen LogP contribution < -0.4 is 5.32 Å². The van der Waals surface area contributed by atoms with Gasteiger partial charge in [0.15, 0.2) is 5.54 Å². The number of para-hydroxylation sites is 1. The number of benzene rings is 2. The Morgan fingerprint density at radius 2 is 1.48 bits per heavy atom. The first-order chi connectivity index (χ1) is 11.1. The molecule has 2 rings (SSSR count). The molecule has 1 unspecified atom stereocenters. The third-order valence-corrected chi connectivity index (χ3v) is 3.57. The van der Waals surface area contributed by atoms with Gasteiger partial charge in [0.1, 0.15) is 0 Å². The smallest absolute Gasteiger partial charge is 0.336 e. The van der Waals surface area contributed by atoms with Crippen molar-refractivity contribution in [2.24, 2.45) is 0 Å². The minimum absolute atomic E-state index is 0.185. The normalized spacial score (nSPS) is 12.8. The lowest BCUT2D eigenvalue weighted by Crippen LogP contribution is -2.46. The number of rotatable bonds is 6. The van der Waals surface area contributed by atoms with Crippen molar-refractivity contribution in [3.8, 4) is 0 Å². The minimum atomic E-state index is -1.36. The predicted molar refractivity (Wildman–Crippen MR) is 86.8 cm³/mol. The van der Waals surface area contributed by atoms with Crippen molar-refractivity contribution in [3.05, 3.63) is 66.2 Å². The van der Waals surface area contributed by atoms with Crippen LogP contribution in [0.15, 0.2) is 60.7 Å². The highest BCUT2D eigenvalue weighted by molar-refractivity contribution is 5.91. The van der Waals surface area contributed by atoms with E-state index >= 15 is 0 Å². The maximum Gasteiger partial charge on any atom is 0.336 e. The fourth-order valence-corrected chi connectivity index (χ4v) is 2.41. The van der Waals surface area contributed by atoms with E-state index in [0.29, 0.717) is 11.3 Å². The topological polar surface area (TPSA) is 64.6 Å². The Kier molecular flexibility index (Phi) is 5.36. The van der Waals surface area contributed by atoms with Crippen LogP contribution in [-0.4, -0.2) is 26.2 Å². The first kappa shape index (κ1) is 16.5. The van der Waals surface area contributed by atoms with E-state index in [1.807, 2.05) is 36.4 Å². The molecule has 0 bridgehead atoms. The van der Waals surface area contributed by atoms with Gasteiger partial charge >= 0.3 is 11.9 Å². The van der Waals surface area contributed by atoms with E-state index in [2.05, 4.69) is 5.32 Å². The van der Waals surface area contributed by atoms with Crippen LogP contribution in [0, 0.1) is 0 Å². The van der Waals surface area contributed by atoms with Crippen LogP contribution in [0.5, 0.6) is 0 Å². The van der Waals surface area contributed by atoms with Crippen molar-refractivity contribution >= 4 is 17.6 Å². The second-order valence-corrected chi connectivity index (χ2v) is 5.01. The minimum Gasteiger partial charge on any atom is -0.469 e. The van der Waals surface area contributed by atoms with Crippen molar-refractivity contribution in [3.63, 3.8) is 0 Å². The molecule has 0 aliphatic carbocycles. The summed E-state index contributed by atoms with van der Waals surface area (Å²) in [5.41, 5.74) is -0.0310. The van der Waals surface area contributed by atoms with Crippen molar-refractivity contribution in [2.45, 2.75) is 12.0 Å². The first-order valence-corrected chi connectivity index (χ1v) is 7.16. The van der Waals surface area contributed by atoms with Gasteiger partial charge in [-0.2, -0.15) is 0 Å². The van der Waals surface area contributed by atoms with Crippen LogP contribution >= 0.6 is 0 Å². The highest BCUT2D eigenvalue weighted by Gasteiger charge is 2.44. The van der Waals surface area contributed by atoms with Gasteiger partial charge in [-0.15, -0.1) is 0 Å². The quantitative estimate of drug-likeness (QED) is 0.831. The second kappa shape index (κ2) is 7.45. The number of anilines is 1. The van der Waals surface area contributed by atoms with Gasteiger partial charge in [-0.25, -0.2) is 4.79 Å². The van der Waals surface area contributed by atoms with Crippen LogP contribution in [0.2, 0.25) is 0 Å². The Hall–Kier alpha value is -2.82. The average Bonchev–Trinajstić information content (AvgIpc) is 2.61. The summed E-state index contributed by atoms with van der Waals surface area (Å²) in [6.45, 7) is 0. The van der Waals surface area contributed by atoms with Gasteiger partial charge in [0.25, 0.3) is 0 Å². The number of carbonyl (C=O) groups excluding carboxylic acids is 2. The van der Waals surface area contributed by atoms with Gasteiger partial charge in [0.05, 0.1) is 20.6 Å². The molecule has 2 aromatic carbocycles. The molecule has 2 aromatic rings. The van der Waals surface area contributed by atoms with E-state index in [1.165, 1.54) is 14.2 Å². The molecule has 5 nitrogen and oxygen atoms in total. The summed E-state index contributed by atoms with van der Waals surface area (Å²) in [6.07, 6.45) is -0.185. The maximum atomic E-state index is 12.6. The Morgan fingerprint density at radius 1 is 0.913 bits per heavy atom. The molecular formula is C18H19NO4. The summed E-state index contributed by atoms with van der Waals surface area (Å²) in [6, 6.07) is 18.2. The molecule has 0 radical (unpaired) electrons. The van der Waals surface area contributed by atoms with Crippen LogP contribution in [0.4, 0.5) is 5.69 Å². The van der Waals surface area contributed by atoms with Gasteiger partial charge < -0.3 is 14.8 Å². The number of hydrogen-bond acceptors (Lipinski definition) is 5. The lowest BCUT2D eigenvalue weighted by Gasteiger charge is -2.32. The molecule has 0 saturated heterocycles. The van der Waals surface area contributed by atoms with Crippen molar-refractivity contribution in [2.75, 3.05) is 19.5 Å². The summed E-state index contributed by atoms with van der Waals surface area (Å²) in [7, 11) is 2.59. The fourth-order valence-electron chi connectivity index (χ4n) is 2.41. The third kappa shape index (κ3) is 3.69. The standard InChI is InChI=1S/C18H19NO4/c1-22-16(20)13-18(17(21)23-2,14-9-5-3-6-10-14)19-15-11-7-4-8-12-15/h3-12,19H,13H2,1-2H3. The van der Waals surface area contributed by atoms with E-state index in [1.54, 1.807) is 24.3 Å². The highest BCUT2D eigenvalue weighted by atomic mass is 16.5. The van der Waals surface area contributed by atoms with E-state index in [-0.39, 0.29) is 6.42 Å². The molecule has 120 valence electrons. The zero-order valence-corrected chi connectivity index (χ0v) is 13.1. The maximum absolute atomic E-state index is 12.6. The number of hydrogen-bond donors (Lipinski definition) is 1. The molecule has 0 aromatic heterocycles. The first-order valence-electron chi connectivity index (χ1n) is 7.16. The summed E-state index contributed by atoms with van der Waals surface area (Å²) in [5.74, 6) is -1.07. The highest BCUT2D eigenvalue weighted by Crippen LogP contribution is 2.32. The Balaban J connectivity index is 2.53. The van der Waals surface area contributed by atoms with E-state index in [9.17, 15) is 9.59 Å². The number of carbonyl (C=O) groups is 2. The molecule has 23 heavy (non-hydrogen) atoms. The zero-order chi connectivity index (χ0) is 16.7. The molecule has 0 fully saturated rings. The van der Waals surface area contributed by atoms with Gasteiger partial charge in [0.2, 0.25) is 0 Å². The Labute approximate surface area is 135 Å². The number of methoxy groups -OCH3 is 2. The lowest BCUT2D eigenvalue weighted by molar-refractivity contribution is -0.153. The molecule has 0 spiro atoms. The van der Waals surface area contributed by atoms with Crippen LogP contribution in [0.1, 0.15) is 12.0 Å². The van der Waals surface area contributed by atoms with Crippen molar-refractivity contribution in [1.29, 1.82) is 0 Å². The molecule has 0 amide bonds. The molecule has 1 atom stereocenters. The van der Waals surface area contributed by atoms with Crippen molar-refractivity contribution in [1.82, 2.24) is 0 Å². The fraction of sp³-hybridized carbons (Fsp3) is 0.222. The molecular weight excluding hydrogens is 294 g/mol.